The van der Waals surface area contributed by atoms with Crippen LogP contribution in [-0.2, 0) is 9.53 Å². The summed E-state index contributed by atoms with van der Waals surface area (Å²) < 4.78 is 6.45. The number of nitrogens with zero attached hydrogens (tertiary/aromatic N) is 2. The molecule has 0 saturated carbocycles. The smallest absolute Gasteiger partial charge is 0.329 e. The number of aliphatic carboxylic acids is 1. The topological polar surface area (TPSA) is 93.5 Å². The third-order valence-electron chi connectivity index (χ3n) is 2.99. The van der Waals surface area contributed by atoms with Gasteiger partial charge in [0, 0.05) is 17.8 Å². The number of ether oxygens (including phenoxy) is 1. The molecule has 0 atom stereocenters. The van der Waals surface area contributed by atoms with E-state index in [2.05, 4.69) is 10.4 Å². The summed E-state index contributed by atoms with van der Waals surface area (Å²) in [5.41, 5.74) is 1.82. The van der Waals surface area contributed by atoms with Crippen molar-refractivity contribution in [3.63, 3.8) is 0 Å². The fourth-order valence-electron chi connectivity index (χ4n) is 1.90. The summed E-state index contributed by atoms with van der Waals surface area (Å²) in [6.45, 7) is 1.70. The SMILES string of the molecule is Cc1nn(-c2ccc(Cl)cc2)cc1C(=O)NCCOCC(=O)O. The van der Waals surface area contributed by atoms with Crippen LogP contribution in [0.1, 0.15) is 16.1 Å². The molecule has 2 rings (SSSR count). The number of carboxylic acids is 1. The van der Waals surface area contributed by atoms with Crippen LogP contribution in [0.4, 0.5) is 0 Å². The molecule has 0 fully saturated rings. The Hall–Kier alpha value is -2.38. The van der Waals surface area contributed by atoms with Crippen LogP contribution in [0.25, 0.3) is 5.69 Å². The molecule has 23 heavy (non-hydrogen) atoms. The number of hydrogen-bond donors (Lipinski definition) is 2. The van der Waals surface area contributed by atoms with Gasteiger partial charge in [-0.15, -0.1) is 0 Å². The maximum Gasteiger partial charge on any atom is 0.329 e. The Bertz CT molecular complexity index is 697. The van der Waals surface area contributed by atoms with E-state index in [0.717, 1.165) is 5.69 Å². The molecule has 2 aromatic rings. The van der Waals surface area contributed by atoms with E-state index in [-0.39, 0.29) is 25.7 Å². The molecular formula is C15H16ClN3O4. The Balaban J connectivity index is 1.96. The zero-order valence-corrected chi connectivity index (χ0v) is 13.2. The van der Waals surface area contributed by atoms with Gasteiger partial charge in [-0.1, -0.05) is 11.6 Å². The molecule has 0 radical (unpaired) electrons. The Morgan fingerprint density at radius 3 is 2.70 bits per heavy atom. The molecule has 1 heterocycles. The van der Waals surface area contributed by atoms with Gasteiger partial charge in [0.05, 0.1) is 23.6 Å². The van der Waals surface area contributed by atoms with Crippen LogP contribution >= 0.6 is 11.6 Å². The molecule has 1 amide bonds. The maximum absolute atomic E-state index is 12.1. The van der Waals surface area contributed by atoms with Gasteiger partial charge in [0.15, 0.2) is 0 Å². The average Bonchev–Trinajstić information content (AvgIpc) is 2.89. The number of nitrogens with one attached hydrogen (secondary N) is 1. The maximum atomic E-state index is 12.1. The molecule has 0 aliphatic heterocycles. The largest absolute Gasteiger partial charge is 0.480 e. The van der Waals surface area contributed by atoms with Gasteiger partial charge in [-0.2, -0.15) is 5.10 Å². The van der Waals surface area contributed by atoms with Crippen molar-refractivity contribution in [3.05, 3.63) is 46.7 Å². The molecular weight excluding hydrogens is 322 g/mol. The van der Waals surface area contributed by atoms with Crippen LogP contribution in [-0.4, -0.2) is 46.5 Å². The standard InChI is InChI=1S/C15H16ClN3O4/c1-10-13(15(22)17-6-7-23-9-14(20)21)8-19(18-10)12-4-2-11(16)3-5-12/h2-5,8H,6-7,9H2,1H3,(H,17,22)(H,20,21). The van der Waals surface area contributed by atoms with Gasteiger partial charge in [-0.05, 0) is 31.2 Å². The van der Waals surface area contributed by atoms with E-state index in [4.69, 9.17) is 21.4 Å². The number of carbonyl (C=O) groups is 2. The van der Waals surface area contributed by atoms with Gasteiger partial charge in [0.1, 0.15) is 6.61 Å². The molecule has 7 nitrogen and oxygen atoms in total. The fraction of sp³-hybridized carbons (Fsp3) is 0.267. The summed E-state index contributed by atoms with van der Waals surface area (Å²) in [6.07, 6.45) is 1.63. The van der Waals surface area contributed by atoms with Crippen LogP contribution in [0.3, 0.4) is 0 Å². The predicted octanol–water partition coefficient (Wildman–Crippen LogP) is 1.67. The first kappa shape index (κ1) is 17.0. The lowest BCUT2D eigenvalue weighted by Gasteiger charge is -2.04. The minimum absolute atomic E-state index is 0.127. The molecule has 122 valence electrons. The fourth-order valence-corrected chi connectivity index (χ4v) is 2.03. The summed E-state index contributed by atoms with van der Waals surface area (Å²) in [5, 5.41) is 16.0. The van der Waals surface area contributed by atoms with E-state index in [1.54, 1.807) is 42.1 Å². The highest BCUT2D eigenvalue weighted by Gasteiger charge is 2.13. The van der Waals surface area contributed by atoms with Crippen molar-refractivity contribution in [2.75, 3.05) is 19.8 Å². The number of halogens is 1. The summed E-state index contributed by atoms with van der Waals surface area (Å²) in [6, 6.07) is 7.09. The second-order valence-electron chi connectivity index (χ2n) is 4.75. The number of benzene rings is 1. The van der Waals surface area contributed by atoms with Crippen molar-refractivity contribution in [1.29, 1.82) is 0 Å². The number of rotatable bonds is 7. The Kier molecular flexibility index (Phi) is 5.72. The monoisotopic (exact) mass is 337 g/mol. The van der Waals surface area contributed by atoms with Gasteiger partial charge in [0.2, 0.25) is 0 Å². The van der Waals surface area contributed by atoms with Crippen molar-refractivity contribution >= 4 is 23.5 Å². The minimum Gasteiger partial charge on any atom is -0.480 e. The number of aryl methyl sites for hydroxylation is 1. The third kappa shape index (κ3) is 4.80. The van der Waals surface area contributed by atoms with Crippen molar-refractivity contribution in [3.8, 4) is 5.69 Å². The van der Waals surface area contributed by atoms with E-state index >= 15 is 0 Å². The first-order chi connectivity index (χ1) is 11.0. The second-order valence-corrected chi connectivity index (χ2v) is 5.19. The predicted molar refractivity (Wildman–Crippen MR) is 84.1 cm³/mol. The Labute approximate surface area is 137 Å². The molecule has 1 aromatic heterocycles. The van der Waals surface area contributed by atoms with Gasteiger partial charge in [-0.3, -0.25) is 4.79 Å². The van der Waals surface area contributed by atoms with Crippen LogP contribution < -0.4 is 5.32 Å². The number of aromatic nitrogens is 2. The van der Waals surface area contributed by atoms with E-state index in [9.17, 15) is 9.59 Å². The lowest BCUT2D eigenvalue weighted by Crippen LogP contribution is -2.28. The number of amides is 1. The lowest BCUT2D eigenvalue weighted by molar-refractivity contribution is -0.142. The minimum atomic E-state index is -1.04. The van der Waals surface area contributed by atoms with Crippen molar-refractivity contribution in [2.24, 2.45) is 0 Å². The molecule has 0 bridgehead atoms. The lowest BCUT2D eigenvalue weighted by atomic mass is 10.2. The van der Waals surface area contributed by atoms with E-state index in [1.165, 1.54) is 0 Å². The van der Waals surface area contributed by atoms with Gasteiger partial charge in [0.25, 0.3) is 5.91 Å². The average molecular weight is 338 g/mol. The van der Waals surface area contributed by atoms with Crippen molar-refractivity contribution in [2.45, 2.75) is 6.92 Å². The zero-order valence-electron chi connectivity index (χ0n) is 12.5. The first-order valence-corrected chi connectivity index (χ1v) is 7.25. The highest BCUT2D eigenvalue weighted by Crippen LogP contribution is 2.15. The molecule has 0 aliphatic rings. The summed E-state index contributed by atoms with van der Waals surface area (Å²) in [7, 11) is 0. The molecule has 0 aliphatic carbocycles. The Morgan fingerprint density at radius 1 is 1.35 bits per heavy atom. The van der Waals surface area contributed by atoms with Crippen LogP contribution in [0.5, 0.6) is 0 Å². The van der Waals surface area contributed by atoms with E-state index in [0.29, 0.717) is 16.3 Å². The summed E-state index contributed by atoms with van der Waals surface area (Å²) in [5.74, 6) is -1.34. The quantitative estimate of drug-likeness (QED) is 0.749. The van der Waals surface area contributed by atoms with E-state index < -0.39 is 5.97 Å². The number of carbonyl (C=O) groups excluding carboxylic acids is 1. The van der Waals surface area contributed by atoms with Crippen LogP contribution in [0, 0.1) is 6.92 Å². The van der Waals surface area contributed by atoms with Gasteiger partial charge < -0.3 is 15.2 Å². The van der Waals surface area contributed by atoms with Crippen LogP contribution in [0.2, 0.25) is 5.02 Å². The van der Waals surface area contributed by atoms with E-state index in [1.807, 2.05) is 0 Å². The van der Waals surface area contributed by atoms with Crippen molar-refractivity contribution < 1.29 is 19.4 Å². The van der Waals surface area contributed by atoms with Crippen molar-refractivity contribution in [1.82, 2.24) is 15.1 Å². The normalized spacial score (nSPS) is 10.5. The van der Waals surface area contributed by atoms with Crippen LogP contribution in [0.15, 0.2) is 30.5 Å². The zero-order chi connectivity index (χ0) is 16.8. The highest BCUT2D eigenvalue weighted by atomic mass is 35.5. The van der Waals surface area contributed by atoms with Gasteiger partial charge >= 0.3 is 5.97 Å². The number of hydrogen-bond acceptors (Lipinski definition) is 4. The van der Waals surface area contributed by atoms with Gasteiger partial charge in [-0.25, -0.2) is 9.48 Å². The molecule has 0 spiro atoms. The molecule has 0 unspecified atom stereocenters. The molecule has 8 heteroatoms. The summed E-state index contributed by atoms with van der Waals surface area (Å²) in [4.78, 5) is 22.4. The molecule has 2 N–H and O–H groups in total. The highest BCUT2D eigenvalue weighted by molar-refractivity contribution is 6.30. The molecule has 0 saturated heterocycles. The third-order valence-corrected chi connectivity index (χ3v) is 3.24. The first-order valence-electron chi connectivity index (χ1n) is 6.87. The molecule has 1 aromatic carbocycles. The summed E-state index contributed by atoms with van der Waals surface area (Å²) >= 11 is 5.85. The second kappa shape index (κ2) is 7.75. The Morgan fingerprint density at radius 2 is 2.04 bits per heavy atom. The number of carboxylic acid groups (broad SMARTS) is 1.